The van der Waals surface area contributed by atoms with Gasteiger partial charge in [0.2, 0.25) is 0 Å². The zero-order chi connectivity index (χ0) is 20.2. The quantitative estimate of drug-likeness (QED) is 0.632. The Kier molecular flexibility index (Phi) is 5.00. The van der Waals surface area contributed by atoms with Crippen LogP contribution in [0.15, 0.2) is 83.5 Å². The Morgan fingerprint density at radius 3 is 2.28 bits per heavy atom. The van der Waals surface area contributed by atoms with E-state index in [0.29, 0.717) is 34.2 Å². The first kappa shape index (κ1) is 18.3. The van der Waals surface area contributed by atoms with Crippen LogP contribution in [0.1, 0.15) is 11.1 Å². The fourth-order valence-electron chi connectivity index (χ4n) is 3.36. The molecule has 0 amide bonds. The average molecular weight is 381 g/mol. The summed E-state index contributed by atoms with van der Waals surface area (Å²) in [6.07, 6.45) is 0. The second kappa shape index (κ2) is 7.91. The Morgan fingerprint density at radius 2 is 1.55 bits per heavy atom. The van der Waals surface area contributed by atoms with Gasteiger partial charge >= 0.3 is 0 Å². The minimum atomic E-state index is 0.512. The van der Waals surface area contributed by atoms with Crippen molar-refractivity contribution in [3.63, 3.8) is 0 Å². The zero-order valence-electron chi connectivity index (χ0n) is 16.1. The molecule has 142 valence electrons. The lowest BCUT2D eigenvalue weighted by atomic mass is 10.0. The van der Waals surface area contributed by atoms with Crippen LogP contribution in [0.25, 0.3) is 5.57 Å². The molecule has 3 aromatic rings. The van der Waals surface area contributed by atoms with Crippen LogP contribution in [0, 0.1) is 11.3 Å². The maximum atomic E-state index is 9.97. The van der Waals surface area contributed by atoms with E-state index in [0.717, 1.165) is 16.8 Å². The summed E-state index contributed by atoms with van der Waals surface area (Å²) in [5, 5.41) is 13.3. The number of nitrogens with one attached hydrogen (secondary N) is 1. The largest absolute Gasteiger partial charge is 0.495 e. The van der Waals surface area contributed by atoms with Crippen LogP contribution in [0.5, 0.6) is 11.5 Å². The number of para-hydroxylation sites is 3. The molecule has 0 bridgehead atoms. The van der Waals surface area contributed by atoms with E-state index in [4.69, 9.17) is 14.5 Å². The van der Waals surface area contributed by atoms with Crippen LogP contribution < -0.4 is 14.8 Å². The maximum absolute atomic E-state index is 9.97. The number of benzene rings is 3. The van der Waals surface area contributed by atoms with Gasteiger partial charge in [-0.1, -0.05) is 54.6 Å². The SMILES string of the molecule is COc1ccccc1N=C1/C(=C(\C#N)c2ccccc2)Nc2c(OC)cccc21. The van der Waals surface area contributed by atoms with E-state index < -0.39 is 0 Å². The number of nitriles is 1. The molecule has 1 aliphatic rings. The molecular weight excluding hydrogens is 362 g/mol. The predicted octanol–water partition coefficient (Wildman–Crippen LogP) is 5.18. The summed E-state index contributed by atoms with van der Waals surface area (Å²) in [4.78, 5) is 4.89. The Bertz CT molecular complexity index is 1160. The van der Waals surface area contributed by atoms with Crippen LogP contribution in [-0.2, 0) is 0 Å². The van der Waals surface area contributed by atoms with Crippen molar-refractivity contribution in [2.24, 2.45) is 4.99 Å². The molecule has 0 saturated carbocycles. The molecule has 1 aliphatic heterocycles. The zero-order valence-corrected chi connectivity index (χ0v) is 16.1. The summed E-state index contributed by atoms with van der Waals surface area (Å²) < 4.78 is 11.0. The summed E-state index contributed by atoms with van der Waals surface area (Å²) in [6, 6.07) is 25.2. The lowest BCUT2D eigenvalue weighted by Crippen LogP contribution is -2.06. The van der Waals surface area contributed by atoms with Crippen molar-refractivity contribution in [3.8, 4) is 17.6 Å². The van der Waals surface area contributed by atoms with Crippen molar-refractivity contribution in [3.05, 3.63) is 89.6 Å². The third-order valence-corrected chi connectivity index (χ3v) is 4.73. The number of aliphatic imine (C=N–C) groups is 1. The molecule has 0 radical (unpaired) electrons. The molecule has 1 N–H and O–H groups in total. The van der Waals surface area contributed by atoms with E-state index in [9.17, 15) is 5.26 Å². The van der Waals surface area contributed by atoms with Crippen molar-refractivity contribution in [2.75, 3.05) is 19.5 Å². The van der Waals surface area contributed by atoms with Gasteiger partial charge in [0.1, 0.15) is 23.3 Å². The van der Waals surface area contributed by atoms with Gasteiger partial charge in [-0.05, 0) is 23.8 Å². The highest BCUT2D eigenvalue weighted by molar-refractivity contribution is 6.27. The fraction of sp³-hybridized carbons (Fsp3) is 0.0833. The second-order valence-corrected chi connectivity index (χ2v) is 6.37. The highest BCUT2D eigenvalue weighted by Crippen LogP contribution is 2.41. The van der Waals surface area contributed by atoms with Gasteiger partial charge in [0, 0.05) is 5.56 Å². The molecule has 4 rings (SSSR count). The summed E-state index contributed by atoms with van der Waals surface area (Å²) >= 11 is 0. The molecule has 0 atom stereocenters. The number of nitrogens with zero attached hydrogens (tertiary/aromatic N) is 2. The van der Waals surface area contributed by atoms with Crippen molar-refractivity contribution >= 4 is 22.7 Å². The molecular formula is C24H19N3O2. The minimum absolute atomic E-state index is 0.512. The van der Waals surface area contributed by atoms with Crippen LogP contribution >= 0.6 is 0 Å². The van der Waals surface area contributed by atoms with Crippen LogP contribution in [-0.4, -0.2) is 19.9 Å². The second-order valence-electron chi connectivity index (χ2n) is 6.37. The lowest BCUT2D eigenvalue weighted by Gasteiger charge is -2.09. The molecule has 0 aromatic heterocycles. The lowest BCUT2D eigenvalue weighted by molar-refractivity contribution is 0.416. The Morgan fingerprint density at radius 1 is 0.862 bits per heavy atom. The first-order chi connectivity index (χ1) is 14.3. The minimum Gasteiger partial charge on any atom is -0.495 e. The van der Waals surface area contributed by atoms with Gasteiger partial charge in [-0.15, -0.1) is 0 Å². The van der Waals surface area contributed by atoms with Crippen LogP contribution in [0.4, 0.5) is 11.4 Å². The van der Waals surface area contributed by atoms with Crippen molar-refractivity contribution in [1.29, 1.82) is 5.26 Å². The number of anilines is 1. The van der Waals surface area contributed by atoms with Crippen LogP contribution in [0.3, 0.4) is 0 Å². The molecule has 5 nitrogen and oxygen atoms in total. The number of hydrogen-bond acceptors (Lipinski definition) is 5. The van der Waals surface area contributed by atoms with Crippen molar-refractivity contribution in [2.45, 2.75) is 0 Å². The van der Waals surface area contributed by atoms with Crippen molar-refractivity contribution in [1.82, 2.24) is 0 Å². The molecule has 0 aliphatic carbocycles. The summed E-state index contributed by atoms with van der Waals surface area (Å²) in [7, 11) is 3.24. The van der Waals surface area contributed by atoms with E-state index in [1.165, 1.54) is 0 Å². The molecule has 1 heterocycles. The van der Waals surface area contributed by atoms with E-state index in [-0.39, 0.29) is 0 Å². The molecule has 0 fully saturated rings. The summed E-state index contributed by atoms with van der Waals surface area (Å²) in [6.45, 7) is 0. The molecule has 29 heavy (non-hydrogen) atoms. The number of fused-ring (bicyclic) bond motifs is 1. The number of ether oxygens (including phenoxy) is 2. The van der Waals surface area contributed by atoms with Gasteiger partial charge in [0.05, 0.1) is 36.9 Å². The highest BCUT2D eigenvalue weighted by Gasteiger charge is 2.29. The molecule has 0 spiro atoms. The first-order valence-electron chi connectivity index (χ1n) is 9.13. The summed E-state index contributed by atoms with van der Waals surface area (Å²) in [5.41, 5.74) is 4.99. The predicted molar refractivity (Wildman–Crippen MR) is 115 cm³/mol. The van der Waals surface area contributed by atoms with Gasteiger partial charge < -0.3 is 14.8 Å². The first-order valence-corrected chi connectivity index (χ1v) is 9.13. The Labute approximate surface area is 169 Å². The summed E-state index contributed by atoms with van der Waals surface area (Å²) in [5.74, 6) is 1.35. The van der Waals surface area contributed by atoms with Crippen LogP contribution in [0.2, 0.25) is 0 Å². The van der Waals surface area contributed by atoms with E-state index >= 15 is 0 Å². The number of rotatable bonds is 4. The molecule has 3 aromatic carbocycles. The maximum Gasteiger partial charge on any atom is 0.144 e. The number of hydrogen-bond donors (Lipinski definition) is 1. The van der Waals surface area contributed by atoms with Gasteiger partial charge in [-0.2, -0.15) is 5.26 Å². The third kappa shape index (κ3) is 3.32. The smallest absolute Gasteiger partial charge is 0.144 e. The molecule has 0 saturated heterocycles. The molecule has 5 heteroatoms. The third-order valence-electron chi connectivity index (χ3n) is 4.73. The highest BCUT2D eigenvalue weighted by atomic mass is 16.5. The standard InChI is InChI=1S/C24H19N3O2/c1-28-20-13-7-6-12-19(20)26-23-17-11-8-14-21(29-2)22(17)27-24(23)18(15-25)16-9-4-3-5-10-16/h3-14,27H,1-2H3/b24-18-,26-23?. The van der Waals surface area contributed by atoms with Gasteiger partial charge in [-0.25, -0.2) is 4.99 Å². The van der Waals surface area contributed by atoms with E-state index in [1.54, 1.807) is 14.2 Å². The van der Waals surface area contributed by atoms with Gasteiger partial charge in [0.25, 0.3) is 0 Å². The normalized spacial score (nSPS) is 15.3. The average Bonchev–Trinajstić information content (AvgIpc) is 3.13. The Balaban J connectivity index is 2.00. The fourth-order valence-corrected chi connectivity index (χ4v) is 3.36. The van der Waals surface area contributed by atoms with Gasteiger partial charge in [0.15, 0.2) is 0 Å². The number of methoxy groups -OCH3 is 2. The van der Waals surface area contributed by atoms with E-state index in [2.05, 4.69) is 11.4 Å². The van der Waals surface area contributed by atoms with E-state index in [1.807, 2.05) is 72.8 Å². The Hall–Kier alpha value is -4.04. The topological polar surface area (TPSA) is 66.6 Å². The number of allylic oxidation sites excluding steroid dienone is 2. The van der Waals surface area contributed by atoms with Gasteiger partial charge in [-0.3, -0.25) is 0 Å². The monoisotopic (exact) mass is 381 g/mol. The van der Waals surface area contributed by atoms with Crippen molar-refractivity contribution < 1.29 is 9.47 Å². The molecule has 0 unspecified atom stereocenters.